The number of rotatable bonds is 5. The standard InChI is InChI=1S/C40H51N7O5S/c1-6-46-33-8-7-26-15-28(33)30(36(46)29-16-27(45-11-13-51-14-12-45)20-42-35(29)24(2)50-5)19-39(3,4)23-52-38(49)40-10-9-25(18-40)21-47(44-40)37(48)31(41)17-34-43-32(26)22-53-34/h7-8,15-16,20,22,24-25,31,44H,6,9-14,17-19,21,23,41H2,1-5H3/t24-,25+,31-,40-/m0/s1. The number of thiazole rings is 1. The summed E-state index contributed by atoms with van der Waals surface area (Å²) in [7, 11) is 1.72. The number of hydrazine groups is 1. The minimum Gasteiger partial charge on any atom is -0.464 e. The largest absolute Gasteiger partial charge is 0.464 e. The van der Waals surface area contributed by atoms with Crippen molar-refractivity contribution in [1.82, 2.24) is 25.0 Å². The number of aromatic nitrogens is 3. The van der Waals surface area contributed by atoms with Crippen LogP contribution < -0.4 is 16.1 Å². The van der Waals surface area contributed by atoms with Gasteiger partial charge in [-0.15, -0.1) is 11.3 Å². The second kappa shape index (κ2) is 14.1. The molecule has 4 atom stereocenters. The van der Waals surface area contributed by atoms with Crippen LogP contribution in [0.1, 0.15) is 69.3 Å². The number of nitrogens with two attached hydrogens (primary N) is 1. The molecule has 1 amide bonds. The Balaban J connectivity index is 1.30. The first kappa shape index (κ1) is 36.1. The molecule has 6 heterocycles. The first-order valence-electron chi connectivity index (χ1n) is 19.0. The fourth-order valence-corrected chi connectivity index (χ4v) is 9.63. The molecule has 3 N–H and O–H groups in total. The Hall–Kier alpha value is -3.88. The zero-order valence-electron chi connectivity index (χ0n) is 31.4. The molecule has 3 aromatic heterocycles. The Morgan fingerprint density at radius 2 is 2.00 bits per heavy atom. The molecule has 3 aliphatic heterocycles. The van der Waals surface area contributed by atoms with Crippen LogP contribution in [0.15, 0.2) is 35.8 Å². The number of hydrogen-bond donors (Lipinski definition) is 2. The van der Waals surface area contributed by atoms with E-state index in [4.69, 9.17) is 29.9 Å². The summed E-state index contributed by atoms with van der Waals surface area (Å²) in [6, 6.07) is 8.05. The molecule has 1 aliphatic carbocycles. The van der Waals surface area contributed by atoms with E-state index < -0.39 is 17.0 Å². The van der Waals surface area contributed by atoms with Gasteiger partial charge in [0.2, 0.25) is 0 Å². The second-order valence-electron chi connectivity index (χ2n) is 16.0. The smallest absolute Gasteiger partial charge is 0.328 e. The van der Waals surface area contributed by atoms with E-state index in [-0.39, 0.29) is 30.5 Å². The number of fused-ring (bicyclic) bond motifs is 6. The van der Waals surface area contributed by atoms with Gasteiger partial charge in [0.15, 0.2) is 0 Å². The van der Waals surface area contributed by atoms with Gasteiger partial charge in [-0.25, -0.2) is 15.2 Å². The molecular formula is C40H51N7O5S. The van der Waals surface area contributed by atoms with Gasteiger partial charge in [0, 0.05) is 72.5 Å². The van der Waals surface area contributed by atoms with Gasteiger partial charge < -0.3 is 29.4 Å². The molecule has 1 spiro atoms. The van der Waals surface area contributed by atoms with Crippen molar-refractivity contribution >= 4 is 39.8 Å². The summed E-state index contributed by atoms with van der Waals surface area (Å²) >= 11 is 1.52. The number of anilines is 1. The number of nitrogens with zero attached hydrogens (tertiary/aromatic N) is 5. The van der Waals surface area contributed by atoms with E-state index in [1.165, 1.54) is 16.9 Å². The summed E-state index contributed by atoms with van der Waals surface area (Å²) in [6.45, 7) is 13.0. The van der Waals surface area contributed by atoms with Crippen molar-refractivity contribution < 1.29 is 23.8 Å². The molecular weight excluding hydrogens is 691 g/mol. The monoisotopic (exact) mass is 741 g/mol. The van der Waals surface area contributed by atoms with Crippen LogP contribution in [0.4, 0.5) is 5.69 Å². The van der Waals surface area contributed by atoms with E-state index in [2.05, 4.69) is 65.3 Å². The second-order valence-corrected chi connectivity index (χ2v) is 17.0. The van der Waals surface area contributed by atoms with Crippen molar-refractivity contribution in [2.45, 2.75) is 84.0 Å². The van der Waals surface area contributed by atoms with Crippen molar-refractivity contribution in [3.8, 4) is 22.5 Å². The van der Waals surface area contributed by atoms with Gasteiger partial charge >= 0.3 is 5.97 Å². The lowest BCUT2D eigenvalue weighted by molar-refractivity contribution is -0.162. The summed E-state index contributed by atoms with van der Waals surface area (Å²) in [5.41, 5.74) is 16.7. The van der Waals surface area contributed by atoms with Gasteiger partial charge in [-0.2, -0.15) is 0 Å². The van der Waals surface area contributed by atoms with E-state index in [1.807, 2.05) is 13.1 Å². The zero-order chi connectivity index (χ0) is 37.1. The number of aryl methyl sites for hydroxylation is 1. The van der Waals surface area contributed by atoms with Crippen LogP contribution >= 0.6 is 11.3 Å². The van der Waals surface area contributed by atoms with Crippen LogP contribution in [-0.2, 0) is 43.2 Å². The van der Waals surface area contributed by atoms with Crippen molar-refractivity contribution in [1.29, 1.82) is 0 Å². The van der Waals surface area contributed by atoms with E-state index in [0.717, 1.165) is 75.9 Å². The molecule has 0 unspecified atom stereocenters. The number of amides is 1. The van der Waals surface area contributed by atoms with Crippen molar-refractivity contribution in [2.75, 3.05) is 51.5 Å². The van der Waals surface area contributed by atoms with Crippen molar-refractivity contribution in [2.24, 2.45) is 17.1 Å². The number of nitrogens with one attached hydrogen (secondary N) is 1. The number of esters is 1. The Morgan fingerprint density at radius 3 is 2.77 bits per heavy atom. The lowest BCUT2D eigenvalue weighted by atomic mass is 9.84. The molecule has 3 fully saturated rings. The van der Waals surface area contributed by atoms with Gasteiger partial charge in [-0.05, 0) is 69.2 Å². The molecule has 1 aromatic carbocycles. The molecule has 12 nitrogen and oxygen atoms in total. The number of pyridine rings is 1. The molecule has 7 bridgehead atoms. The number of carbonyl (C=O) groups is 2. The highest BCUT2D eigenvalue weighted by molar-refractivity contribution is 7.10. The fraction of sp³-hybridized carbons (Fsp3) is 0.550. The highest BCUT2D eigenvalue weighted by atomic mass is 32.1. The average molecular weight is 742 g/mol. The fourth-order valence-electron chi connectivity index (χ4n) is 8.77. The maximum atomic E-state index is 14.1. The normalized spacial score (nSPS) is 25.4. The van der Waals surface area contributed by atoms with Crippen molar-refractivity contribution in [3.05, 3.63) is 52.1 Å². The van der Waals surface area contributed by atoms with E-state index in [9.17, 15) is 9.59 Å². The quantitative estimate of drug-likeness (QED) is 0.261. The Kier molecular flexibility index (Phi) is 9.59. The van der Waals surface area contributed by atoms with Gasteiger partial charge in [0.05, 0.1) is 65.9 Å². The van der Waals surface area contributed by atoms with Crippen LogP contribution in [0, 0.1) is 11.3 Å². The maximum absolute atomic E-state index is 14.1. The molecule has 53 heavy (non-hydrogen) atoms. The number of hydrogen-bond acceptors (Lipinski definition) is 11. The van der Waals surface area contributed by atoms with Crippen LogP contribution in [-0.4, -0.2) is 89.6 Å². The third kappa shape index (κ3) is 6.64. The lowest BCUT2D eigenvalue weighted by Crippen LogP contribution is -2.65. The van der Waals surface area contributed by atoms with Gasteiger partial charge in [0.25, 0.3) is 5.91 Å². The number of morpholine rings is 1. The van der Waals surface area contributed by atoms with Crippen LogP contribution in [0.5, 0.6) is 0 Å². The Labute approximate surface area is 315 Å². The Morgan fingerprint density at radius 1 is 1.19 bits per heavy atom. The first-order valence-corrected chi connectivity index (χ1v) is 19.8. The van der Waals surface area contributed by atoms with Crippen molar-refractivity contribution in [3.63, 3.8) is 0 Å². The first-order chi connectivity index (χ1) is 25.5. The Bertz CT molecular complexity index is 2040. The topological polar surface area (TPSA) is 137 Å². The van der Waals surface area contributed by atoms with Crippen LogP contribution in [0.3, 0.4) is 0 Å². The summed E-state index contributed by atoms with van der Waals surface area (Å²) in [5, 5.41) is 5.55. The third-order valence-corrected chi connectivity index (χ3v) is 12.5. The highest BCUT2D eigenvalue weighted by Crippen LogP contribution is 2.44. The number of cyclic esters (lactones) is 1. The highest BCUT2D eigenvalue weighted by Gasteiger charge is 2.53. The van der Waals surface area contributed by atoms with Crippen LogP contribution in [0.25, 0.3) is 33.4 Å². The minimum absolute atomic E-state index is 0.213. The molecule has 2 saturated heterocycles. The molecule has 4 aromatic rings. The number of benzene rings is 1. The van der Waals surface area contributed by atoms with Gasteiger partial charge in [0.1, 0.15) is 5.54 Å². The summed E-state index contributed by atoms with van der Waals surface area (Å²) < 4.78 is 20.3. The molecule has 282 valence electrons. The number of carbonyl (C=O) groups excluding carboxylic acids is 2. The van der Waals surface area contributed by atoms with E-state index in [0.29, 0.717) is 45.4 Å². The molecule has 1 saturated carbocycles. The third-order valence-electron chi connectivity index (χ3n) is 11.6. The van der Waals surface area contributed by atoms with Gasteiger partial charge in [-0.1, -0.05) is 19.9 Å². The number of methoxy groups -OCH3 is 1. The number of ether oxygens (including phenoxy) is 3. The lowest BCUT2D eigenvalue weighted by Gasteiger charge is -2.41. The average Bonchev–Trinajstić information content (AvgIpc) is 3.85. The van der Waals surface area contributed by atoms with Gasteiger partial charge in [-0.3, -0.25) is 14.8 Å². The summed E-state index contributed by atoms with van der Waals surface area (Å²) in [4.78, 5) is 40.1. The molecule has 0 radical (unpaired) electrons. The predicted octanol–water partition coefficient (Wildman–Crippen LogP) is 5.27. The molecule has 8 rings (SSSR count). The summed E-state index contributed by atoms with van der Waals surface area (Å²) in [5.74, 6) is -0.312. The predicted molar refractivity (Wildman–Crippen MR) is 205 cm³/mol. The van der Waals surface area contributed by atoms with E-state index >= 15 is 0 Å². The van der Waals surface area contributed by atoms with E-state index in [1.54, 1.807) is 12.1 Å². The molecule has 4 aliphatic rings. The molecule has 13 heteroatoms. The maximum Gasteiger partial charge on any atom is 0.328 e. The SMILES string of the molecule is CCn1c(-c2cc(N3CCOCC3)cnc2[C@H](C)OC)c2c3cc(ccc31)-c1csc(n1)C[C@H](N)C(=O)N1C[C@@H]3CC[C@@](C3)(N1)C(=O)OCC(C)(C)C2. The zero-order valence-corrected chi connectivity index (χ0v) is 32.3. The summed E-state index contributed by atoms with van der Waals surface area (Å²) in [6.07, 6.45) is 4.78. The minimum atomic E-state index is -0.941. The van der Waals surface area contributed by atoms with Crippen LogP contribution in [0.2, 0.25) is 0 Å².